The van der Waals surface area contributed by atoms with Gasteiger partial charge < -0.3 is 45.1 Å². The van der Waals surface area contributed by atoms with E-state index in [0.29, 0.717) is 25.9 Å². The maximum atomic E-state index is 12.9. The van der Waals surface area contributed by atoms with E-state index in [9.17, 15) is 35.1 Å². The quantitative estimate of drug-likeness (QED) is 0.0196. The minimum Gasteiger partial charge on any atom is -0.466 e. The molecule has 0 saturated carbocycles. The van der Waals surface area contributed by atoms with Gasteiger partial charge >= 0.3 is 5.97 Å². The van der Waals surface area contributed by atoms with E-state index in [1.807, 2.05) is 18.2 Å². The zero-order chi connectivity index (χ0) is 50.3. The molecule has 1 aliphatic rings. The van der Waals surface area contributed by atoms with Crippen LogP contribution >= 0.6 is 0 Å². The monoisotopic (exact) mass is 970 g/mol. The van der Waals surface area contributed by atoms with Crippen LogP contribution in [0.4, 0.5) is 0 Å². The van der Waals surface area contributed by atoms with Crippen LogP contribution in [-0.4, -0.2) is 100 Å². The fraction of sp³-hybridized carbons (Fsp3) is 0.724. The average Bonchev–Trinajstić information content (AvgIpc) is 3.34. The molecule has 11 heteroatoms. The Morgan fingerprint density at radius 3 is 1.61 bits per heavy atom. The number of rotatable bonds is 45. The minimum absolute atomic E-state index is 0.0503. The molecule has 0 spiro atoms. The summed E-state index contributed by atoms with van der Waals surface area (Å²) in [5, 5.41) is 54.0. The van der Waals surface area contributed by atoms with E-state index in [1.165, 1.54) is 83.5 Å². The van der Waals surface area contributed by atoms with Crippen molar-refractivity contribution in [3.05, 3.63) is 85.1 Å². The van der Waals surface area contributed by atoms with Crippen molar-refractivity contribution >= 4 is 11.9 Å². The molecule has 0 aromatic rings. The lowest BCUT2D eigenvalue weighted by molar-refractivity contribution is -0.302. The van der Waals surface area contributed by atoms with Crippen molar-refractivity contribution in [1.82, 2.24) is 5.32 Å². The van der Waals surface area contributed by atoms with Gasteiger partial charge in [0.25, 0.3) is 0 Å². The van der Waals surface area contributed by atoms with Crippen LogP contribution in [0.25, 0.3) is 0 Å². The summed E-state index contributed by atoms with van der Waals surface area (Å²) in [5.41, 5.74) is 0. The predicted octanol–water partition coefficient (Wildman–Crippen LogP) is 11.8. The molecule has 1 heterocycles. The molecule has 0 aliphatic carbocycles. The Hall–Kier alpha value is -3.16. The minimum atomic E-state index is -1.60. The van der Waals surface area contributed by atoms with Crippen LogP contribution in [-0.2, 0) is 23.8 Å². The summed E-state index contributed by atoms with van der Waals surface area (Å²) >= 11 is 0. The molecule has 1 rings (SSSR count). The Balaban J connectivity index is 2.15. The predicted molar refractivity (Wildman–Crippen MR) is 282 cm³/mol. The molecule has 7 unspecified atom stereocenters. The van der Waals surface area contributed by atoms with Crippen LogP contribution in [0.15, 0.2) is 85.1 Å². The van der Waals surface area contributed by atoms with Crippen LogP contribution in [0.2, 0.25) is 0 Å². The highest BCUT2D eigenvalue weighted by Crippen LogP contribution is 2.22. The van der Waals surface area contributed by atoms with E-state index in [4.69, 9.17) is 14.2 Å². The van der Waals surface area contributed by atoms with Crippen LogP contribution in [0.3, 0.4) is 0 Å². The van der Waals surface area contributed by atoms with Crippen LogP contribution in [0.1, 0.15) is 206 Å². The normalized spacial score (nSPS) is 20.0. The van der Waals surface area contributed by atoms with Crippen molar-refractivity contribution in [2.75, 3.05) is 19.8 Å². The highest BCUT2D eigenvalue weighted by atomic mass is 16.7. The third-order valence-corrected chi connectivity index (χ3v) is 12.2. The van der Waals surface area contributed by atoms with Gasteiger partial charge in [0.1, 0.15) is 24.4 Å². The Kier molecular flexibility index (Phi) is 43.7. The topological polar surface area (TPSA) is 175 Å². The zero-order valence-corrected chi connectivity index (χ0v) is 43.2. The van der Waals surface area contributed by atoms with Gasteiger partial charge in [-0.15, -0.1) is 0 Å². The number of nitrogens with one attached hydrogen (secondary N) is 1. The summed E-state index contributed by atoms with van der Waals surface area (Å²) in [5.74, 6) is -0.333. The lowest BCUT2D eigenvalue weighted by atomic mass is 9.99. The summed E-state index contributed by atoms with van der Waals surface area (Å²) < 4.78 is 16.6. The van der Waals surface area contributed by atoms with Crippen LogP contribution in [0.5, 0.6) is 0 Å². The number of allylic oxidation sites excluding steroid dienone is 13. The number of carbonyl (C=O) groups excluding carboxylic acids is 2. The van der Waals surface area contributed by atoms with E-state index in [2.05, 4.69) is 79.9 Å². The van der Waals surface area contributed by atoms with Crippen molar-refractivity contribution in [3.8, 4) is 0 Å². The highest BCUT2D eigenvalue weighted by Gasteiger charge is 2.44. The first-order valence-corrected chi connectivity index (χ1v) is 27.4. The summed E-state index contributed by atoms with van der Waals surface area (Å²) in [6.45, 7) is 4.06. The van der Waals surface area contributed by atoms with Gasteiger partial charge in [-0.05, 0) is 103 Å². The largest absolute Gasteiger partial charge is 0.466 e. The molecule has 0 bridgehead atoms. The molecular formula is C58H99NO10. The number of ether oxygens (including phenoxy) is 3. The second-order valence-electron chi connectivity index (χ2n) is 18.5. The number of aliphatic hydroxyl groups excluding tert-OH is 5. The Morgan fingerprint density at radius 1 is 0.551 bits per heavy atom. The van der Waals surface area contributed by atoms with E-state index >= 15 is 0 Å². The maximum absolute atomic E-state index is 12.9. The number of carbonyl (C=O) groups is 2. The number of amides is 1. The molecule has 1 fully saturated rings. The molecule has 69 heavy (non-hydrogen) atoms. The molecule has 1 aliphatic heterocycles. The Labute approximate surface area is 419 Å². The second kappa shape index (κ2) is 47.2. The first-order chi connectivity index (χ1) is 33.7. The maximum Gasteiger partial charge on any atom is 0.305 e. The number of hydrogen-bond acceptors (Lipinski definition) is 10. The standard InChI is InChI=1S/C58H99NO10/c1-3-5-7-9-11-13-15-16-17-18-19-20-23-26-30-34-38-42-46-54(63)67-47-43-39-35-31-27-24-21-22-25-29-33-37-41-45-53(62)59-50(49-68-58-57(66)56(65)55(64)52(48-60)69-58)51(61)44-40-36-32-28-14-12-10-8-6-4-2/h6,8,13-15,17-18,22,25,28,33,37,40,44,50-52,55-58,60-61,64-66H,3-5,7,9-12,16,19-21,23-24,26-27,29-32,34-36,38-39,41-43,45-49H2,1-2H3,(H,59,62)/b8-6+,15-13-,18-17-,25-22-,28-14+,37-33-,44-40+. The molecule has 0 aromatic carbocycles. The summed E-state index contributed by atoms with van der Waals surface area (Å²) in [6, 6.07) is -0.880. The molecule has 396 valence electrons. The van der Waals surface area contributed by atoms with E-state index in [-0.39, 0.29) is 24.9 Å². The smallest absolute Gasteiger partial charge is 0.305 e. The Morgan fingerprint density at radius 2 is 1.04 bits per heavy atom. The van der Waals surface area contributed by atoms with Gasteiger partial charge in [0.05, 0.1) is 32.0 Å². The van der Waals surface area contributed by atoms with Crippen molar-refractivity contribution < 1.29 is 49.3 Å². The fourth-order valence-electron chi connectivity index (χ4n) is 7.84. The molecule has 1 saturated heterocycles. The lowest BCUT2D eigenvalue weighted by Gasteiger charge is -2.40. The Bertz CT molecular complexity index is 1420. The van der Waals surface area contributed by atoms with Crippen molar-refractivity contribution in [2.45, 2.75) is 249 Å². The number of esters is 1. The zero-order valence-electron chi connectivity index (χ0n) is 43.2. The number of aliphatic hydroxyl groups is 5. The number of hydrogen-bond donors (Lipinski definition) is 6. The summed E-state index contributed by atoms with van der Waals surface area (Å²) in [7, 11) is 0. The number of unbranched alkanes of at least 4 members (excludes halogenated alkanes) is 19. The molecule has 7 atom stereocenters. The first kappa shape index (κ1) is 63.9. The molecular weight excluding hydrogens is 871 g/mol. The van der Waals surface area contributed by atoms with Crippen molar-refractivity contribution in [1.29, 1.82) is 0 Å². The van der Waals surface area contributed by atoms with Gasteiger partial charge in [-0.3, -0.25) is 9.59 Å². The molecule has 0 radical (unpaired) electrons. The average molecular weight is 970 g/mol. The SMILES string of the molecule is CC/C=C/CC/C=C/CC/C=C/C(O)C(COC1OC(CO)C(O)C(O)C1O)NC(=O)CC/C=C\C/C=C\CCCCCCCCOC(=O)CCCCCCCCC/C=C\C/C=C\CCCCCC. The van der Waals surface area contributed by atoms with Crippen molar-refractivity contribution in [2.24, 2.45) is 0 Å². The molecule has 1 amide bonds. The van der Waals surface area contributed by atoms with E-state index < -0.39 is 49.5 Å². The summed E-state index contributed by atoms with van der Waals surface area (Å²) in [6.07, 6.45) is 52.7. The lowest BCUT2D eigenvalue weighted by Crippen LogP contribution is -2.60. The second-order valence-corrected chi connectivity index (χ2v) is 18.5. The molecule has 11 nitrogen and oxygen atoms in total. The fourth-order valence-corrected chi connectivity index (χ4v) is 7.84. The van der Waals surface area contributed by atoms with Crippen LogP contribution < -0.4 is 5.32 Å². The van der Waals surface area contributed by atoms with E-state index in [1.54, 1.807) is 6.08 Å². The van der Waals surface area contributed by atoms with Crippen molar-refractivity contribution in [3.63, 3.8) is 0 Å². The van der Waals surface area contributed by atoms with Gasteiger partial charge in [0, 0.05) is 12.8 Å². The summed E-state index contributed by atoms with van der Waals surface area (Å²) in [4.78, 5) is 25.0. The highest BCUT2D eigenvalue weighted by molar-refractivity contribution is 5.76. The third-order valence-electron chi connectivity index (χ3n) is 12.2. The van der Waals surface area contributed by atoms with Gasteiger partial charge in [-0.2, -0.15) is 0 Å². The van der Waals surface area contributed by atoms with Gasteiger partial charge in [-0.25, -0.2) is 0 Å². The van der Waals surface area contributed by atoms with E-state index in [0.717, 1.165) is 83.5 Å². The van der Waals surface area contributed by atoms with Gasteiger partial charge in [-0.1, -0.05) is 176 Å². The third kappa shape index (κ3) is 37.3. The van der Waals surface area contributed by atoms with Gasteiger partial charge in [0.2, 0.25) is 5.91 Å². The van der Waals surface area contributed by atoms with Gasteiger partial charge in [0.15, 0.2) is 6.29 Å². The first-order valence-electron chi connectivity index (χ1n) is 27.4. The van der Waals surface area contributed by atoms with Crippen LogP contribution in [0, 0.1) is 0 Å². The molecule has 6 N–H and O–H groups in total. The molecule has 0 aromatic heterocycles.